The summed E-state index contributed by atoms with van der Waals surface area (Å²) in [6, 6.07) is 6.47. The SMILES string of the molecule is O=C(Nc1ccc(Cl)nc1)c1cccnc1Cl. The zero-order valence-corrected chi connectivity index (χ0v) is 10.0. The summed E-state index contributed by atoms with van der Waals surface area (Å²) in [5, 5.41) is 3.16. The lowest BCUT2D eigenvalue weighted by Gasteiger charge is -2.05. The van der Waals surface area contributed by atoms with Crippen molar-refractivity contribution in [2.45, 2.75) is 0 Å². The van der Waals surface area contributed by atoms with Gasteiger partial charge < -0.3 is 5.32 Å². The molecule has 6 heteroatoms. The quantitative estimate of drug-likeness (QED) is 0.851. The van der Waals surface area contributed by atoms with Gasteiger partial charge in [-0.15, -0.1) is 0 Å². The summed E-state index contributed by atoms with van der Waals surface area (Å²) in [7, 11) is 0. The molecule has 0 spiro atoms. The molecule has 0 bridgehead atoms. The molecule has 0 saturated carbocycles. The summed E-state index contributed by atoms with van der Waals surface area (Å²) in [6.07, 6.45) is 2.98. The van der Waals surface area contributed by atoms with Gasteiger partial charge in [0.2, 0.25) is 0 Å². The second-order valence-corrected chi connectivity index (χ2v) is 3.91. The molecular weight excluding hydrogens is 261 g/mol. The van der Waals surface area contributed by atoms with Gasteiger partial charge in [0.1, 0.15) is 10.3 Å². The van der Waals surface area contributed by atoms with Crippen molar-refractivity contribution in [3.05, 3.63) is 52.5 Å². The highest BCUT2D eigenvalue weighted by Gasteiger charge is 2.10. The van der Waals surface area contributed by atoms with E-state index >= 15 is 0 Å². The van der Waals surface area contributed by atoms with Crippen LogP contribution in [0.4, 0.5) is 5.69 Å². The van der Waals surface area contributed by atoms with Gasteiger partial charge in [-0.1, -0.05) is 23.2 Å². The van der Waals surface area contributed by atoms with Crippen LogP contribution < -0.4 is 5.32 Å². The van der Waals surface area contributed by atoms with Crippen LogP contribution in [-0.2, 0) is 0 Å². The van der Waals surface area contributed by atoms with Gasteiger partial charge in [-0.2, -0.15) is 0 Å². The first kappa shape index (κ1) is 11.8. The maximum absolute atomic E-state index is 11.8. The lowest BCUT2D eigenvalue weighted by molar-refractivity contribution is 0.102. The lowest BCUT2D eigenvalue weighted by atomic mass is 10.2. The van der Waals surface area contributed by atoms with E-state index in [1.807, 2.05) is 0 Å². The van der Waals surface area contributed by atoms with Crippen LogP contribution in [0.25, 0.3) is 0 Å². The Morgan fingerprint density at radius 2 is 2.00 bits per heavy atom. The standard InChI is InChI=1S/C11H7Cl2N3O/c12-9-4-3-7(6-15-9)16-11(17)8-2-1-5-14-10(8)13/h1-6H,(H,16,17). The zero-order valence-electron chi connectivity index (χ0n) is 8.52. The van der Waals surface area contributed by atoms with Crippen LogP contribution in [0.5, 0.6) is 0 Å². The highest BCUT2D eigenvalue weighted by atomic mass is 35.5. The molecule has 0 radical (unpaired) electrons. The Kier molecular flexibility index (Phi) is 3.56. The van der Waals surface area contributed by atoms with E-state index in [1.54, 1.807) is 24.3 Å². The van der Waals surface area contributed by atoms with Crippen molar-refractivity contribution in [1.82, 2.24) is 9.97 Å². The summed E-state index contributed by atoms with van der Waals surface area (Å²) in [4.78, 5) is 19.5. The highest BCUT2D eigenvalue weighted by molar-refractivity contribution is 6.33. The Bertz CT molecular complexity index is 543. The highest BCUT2D eigenvalue weighted by Crippen LogP contribution is 2.15. The Morgan fingerprint density at radius 1 is 1.18 bits per heavy atom. The number of pyridine rings is 2. The average Bonchev–Trinajstić information content (AvgIpc) is 2.32. The largest absolute Gasteiger partial charge is 0.320 e. The van der Waals surface area contributed by atoms with E-state index in [9.17, 15) is 4.79 Å². The summed E-state index contributed by atoms with van der Waals surface area (Å²) in [6.45, 7) is 0. The number of rotatable bonds is 2. The third-order valence-corrected chi connectivity index (χ3v) is 2.51. The molecule has 2 aromatic rings. The fourth-order valence-electron chi connectivity index (χ4n) is 1.20. The van der Waals surface area contributed by atoms with E-state index in [1.165, 1.54) is 12.4 Å². The van der Waals surface area contributed by atoms with Crippen LogP contribution in [0.3, 0.4) is 0 Å². The van der Waals surface area contributed by atoms with Gasteiger partial charge in [-0.05, 0) is 24.3 Å². The molecule has 0 saturated heterocycles. The van der Waals surface area contributed by atoms with Crippen LogP contribution >= 0.6 is 23.2 Å². The molecule has 1 N–H and O–H groups in total. The number of nitrogens with zero attached hydrogens (tertiary/aromatic N) is 2. The summed E-state index contributed by atoms with van der Waals surface area (Å²) < 4.78 is 0. The predicted molar refractivity (Wildman–Crippen MR) is 66.4 cm³/mol. The maximum atomic E-state index is 11.8. The molecule has 0 unspecified atom stereocenters. The summed E-state index contributed by atoms with van der Waals surface area (Å²) in [5.74, 6) is -0.341. The number of aromatic nitrogens is 2. The molecule has 0 aliphatic heterocycles. The van der Waals surface area contributed by atoms with Crippen LogP contribution in [0.1, 0.15) is 10.4 Å². The molecule has 17 heavy (non-hydrogen) atoms. The van der Waals surface area contributed by atoms with E-state index in [-0.39, 0.29) is 11.1 Å². The Morgan fingerprint density at radius 3 is 2.65 bits per heavy atom. The van der Waals surface area contributed by atoms with Gasteiger partial charge in [0, 0.05) is 6.20 Å². The Hall–Kier alpha value is -1.65. The Labute approximate surface area is 108 Å². The molecule has 0 aliphatic rings. The molecule has 0 fully saturated rings. The maximum Gasteiger partial charge on any atom is 0.258 e. The van der Waals surface area contributed by atoms with Crippen molar-refractivity contribution in [2.75, 3.05) is 5.32 Å². The molecule has 86 valence electrons. The van der Waals surface area contributed by atoms with Crippen LogP contribution in [0, 0.1) is 0 Å². The van der Waals surface area contributed by atoms with Crippen molar-refractivity contribution in [1.29, 1.82) is 0 Å². The molecule has 0 atom stereocenters. The van der Waals surface area contributed by atoms with Crippen molar-refractivity contribution in [2.24, 2.45) is 0 Å². The molecular formula is C11H7Cl2N3O. The van der Waals surface area contributed by atoms with Gasteiger partial charge in [0.25, 0.3) is 5.91 Å². The minimum absolute atomic E-state index is 0.159. The molecule has 4 nitrogen and oxygen atoms in total. The second kappa shape index (κ2) is 5.12. The fourth-order valence-corrected chi connectivity index (χ4v) is 1.52. The molecule has 2 aromatic heterocycles. The average molecular weight is 268 g/mol. The van der Waals surface area contributed by atoms with Gasteiger partial charge in [-0.25, -0.2) is 9.97 Å². The lowest BCUT2D eigenvalue weighted by Crippen LogP contribution is -2.12. The smallest absolute Gasteiger partial charge is 0.258 e. The van der Waals surface area contributed by atoms with Crippen molar-refractivity contribution >= 4 is 34.8 Å². The van der Waals surface area contributed by atoms with Gasteiger partial charge in [0.05, 0.1) is 17.4 Å². The topological polar surface area (TPSA) is 54.9 Å². The number of carbonyl (C=O) groups excluding carboxylic acids is 1. The number of halogens is 2. The van der Waals surface area contributed by atoms with Gasteiger partial charge in [-0.3, -0.25) is 4.79 Å². The number of anilines is 1. The van der Waals surface area contributed by atoms with E-state index in [2.05, 4.69) is 15.3 Å². The van der Waals surface area contributed by atoms with Crippen LogP contribution in [0.15, 0.2) is 36.7 Å². The van der Waals surface area contributed by atoms with Crippen LogP contribution in [0.2, 0.25) is 10.3 Å². The molecule has 1 amide bonds. The van der Waals surface area contributed by atoms with E-state index in [0.29, 0.717) is 16.4 Å². The first-order valence-corrected chi connectivity index (χ1v) is 5.46. The van der Waals surface area contributed by atoms with Crippen molar-refractivity contribution in [3.8, 4) is 0 Å². The molecule has 2 heterocycles. The van der Waals surface area contributed by atoms with E-state index < -0.39 is 0 Å². The fraction of sp³-hybridized carbons (Fsp3) is 0. The molecule has 0 aromatic carbocycles. The minimum Gasteiger partial charge on any atom is -0.320 e. The first-order valence-electron chi connectivity index (χ1n) is 4.70. The van der Waals surface area contributed by atoms with Crippen molar-refractivity contribution in [3.63, 3.8) is 0 Å². The third-order valence-electron chi connectivity index (χ3n) is 1.99. The predicted octanol–water partition coefficient (Wildman–Crippen LogP) is 3.04. The van der Waals surface area contributed by atoms with Gasteiger partial charge >= 0.3 is 0 Å². The first-order chi connectivity index (χ1) is 8.16. The van der Waals surface area contributed by atoms with Crippen LogP contribution in [-0.4, -0.2) is 15.9 Å². The molecule has 2 rings (SSSR count). The zero-order chi connectivity index (χ0) is 12.3. The number of hydrogen-bond donors (Lipinski definition) is 1. The normalized spacial score (nSPS) is 10.0. The van der Waals surface area contributed by atoms with Gasteiger partial charge in [0.15, 0.2) is 0 Å². The third kappa shape index (κ3) is 2.93. The Balaban J connectivity index is 2.17. The summed E-state index contributed by atoms with van der Waals surface area (Å²) >= 11 is 11.4. The monoisotopic (exact) mass is 267 g/mol. The number of amides is 1. The number of carbonyl (C=O) groups is 1. The second-order valence-electron chi connectivity index (χ2n) is 3.17. The molecule has 0 aliphatic carbocycles. The van der Waals surface area contributed by atoms with Crippen molar-refractivity contribution < 1.29 is 4.79 Å². The number of nitrogens with one attached hydrogen (secondary N) is 1. The number of hydrogen-bond acceptors (Lipinski definition) is 3. The van der Waals surface area contributed by atoms with E-state index in [0.717, 1.165) is 0 Å². The minimum atomic E-state index is -0.341. The van der Waals surface area contributed by atoms with E-state index in [4.69, 9.17) is 23.2 Å². The summed E-state index contributed by atoms with van der Waals surface area (Å²) in [5.41, 5.74) is 0.850.